The number of aliphatic hydroxyl groups excluding tert-OH is 1. The average molecular weight is 359 g/mol. The monoisotopic (exact) mass is 358 g/mol. The van der Waals surface area contributed by atoms with Crippen LogP contribution in [0.15, 0.2) is 30.3 Å². The van der Waals surface area contributed by atoms with Crippen molar-refractivity contribution in [2.75, 3.05) is 13.1 Å². The summed E-state index contributed by atoms with van der Waals surface area (Å²) < 4.78 is 0. The van der Waals surface area contributed by atoms with Crippen molar-refractivity contribution in [3.05, 3.63) is 51.5 Å². The van der Waals surface area contributed by atoms with Crippen LogP contribution in [0, 0.1) is 12.8 Å². The molecular formula is C20H26N2O2S. The number of aliphatic hydroxyl groups is 1. The number of rotatable bonds is 5. The topological polar surface area (TPSA) is 53.4 Å². The molecule has 5 heteroatoms. The predicted octanol–water partition coefficient (Wildman–Crippen LogP) is 3.47. The Morgan fingerprint density at radius 3 is 2.64 bits per heavy atom. The standard InChI is InChI=1S/C20H26N2O2S/c1-3-17-19(25-14(2)21-17)20(24)22-11-9-16(10-12-22)18(23)13-15-7-5-4-6-8-15/h4-8,16,18,23H,3,9-13H2,1-2H3/t18-/m1/s1. The molecule has 1 atom stereocenters. The quantitative estimate of drug-likeness (QED) is 0.890. The van der Waals surface area contributed by atoms with Gasteiger partial charge in [-0.15, -0.1) is 11.3 Å². The summed E-state index contributed by atoms with van der Waals surface area (Å²) in [6.07, 6.45) is 2.86. The Balaban J connectivity index is 1.57. The van der Waals surface area contributed by atoms with Gasteiger partial charge in [0.1, 0.15) is 4.88 Å². The molecule has 0 saturated carbocycles. The molecule has 2 aromatic rings. The number of carbonyl (C=O) groups excluding carboxylic acids is 1. The molecule has 0 unspecified atom stereocenters. The van der Waals surface area contributed by atoms with Crippen molar-refractivity contribution in [3.8, 4) is 0 Å². The second kappa shape index (κ2) is 8.11. The fourth-order valence-corrected chi connectivity index (χ4v) is 4.51. The number of hydrogen-bond acceptors (Lipinski definition) is 4. The Hall–Kier alpha value is -1.72. The van der Waals surface area contributed by atoms with Gasteiger partial charge in [-0.25, -0.2) is 4.98 Å². The van der Waals surface area contributed by atoms with E-state index in [1.807, 2.05) is 36.9 Å². The summed E-state index contributed by atoms with van der Waals surface area (Å²) in [7, 11) is 0. The number of aromatic nitrogens is 1. The van der Waals surface area contributed by atoms with E-state index in [0.717, 1.165) is 47.9 Å². The molecular weight excluding hydrogens is 332 g/mol. The number of piperidine rings is 1. The summed E-state index contributed by atoms with van der Waals surface area (Å²) in [4.78, 5) is 20.0. The minimum Gasteiger partial charge on any atom is -0.392 e. The molecule has 0 spiro atoms. The van der Waals surface area contributed by atoms with Crippen molar-refractivity contribution >= 4 is 17.2 Å². The van der Waals surface area contributed by atoms with E-state index in [0.29, 0.717) is 6.42 Å². The van der Waals surface area contributed by atoms with Gasteiger partial charge in [-0.3, -0.25) is 4.79 Å². The number of nitrogens with zero attached hydrogens (tertiary/aromatic N) is 2. The molecule has 0 aliphatic carbocycles. The van der Waals surface area contributed by atoms with Crippen LogP contribution in [0.25, 0.3) is 0 Å². The summed E-state index contributed by atoms with van der Waals surface area (Å²) >= 11 is 1.50. The molecule has 1 aromatic heterocycles. The van der Waals surface area contributed by atoms with Gasteiger partial charge in [0.25, 0.3) is 5.91 Å². The van der Waals surface area contributed by atoms with E-state index in [2.05, 4.69) is 17.1 Å². The van der Waals surface area contributed by atoms with E-state index in [4.69, 9.17) is 0 Å². The molecule has 1 fully saturated rings. The van der Waals surface area contributed by atoms with E-state index in [1.165, 1.54) is 16.9 Å². The highest BCUT2D eigenvalue weighted by molar-refractivity contribution is 7.13. The number of benzene rings is 1. The molecule has 1 amide bonds. The highest BCUT2D eigenvalue weighted by Crippen LogP contribution is 2.26. The molecule has 0 radical (unpaired) electrons. The Morgan fingerprint density at radius 2 is 2.00 bits per heavy atom. The Labute approximate surface area is 153 Å². The lowest BCUT2D eigenvalue weighted by Gasteiger charge is -2.34. The molecule has 2 heterocycles. The summed E-state index contributed by atoms with van der Waals surface area (Å²) in [5, 5.41) is 11.5. The van der Waals surface area contributed by atoms with Gasteiger partial charge in [-0.2, -0.15) is 0 Å². The second-order valence-corrected chi connectivity index (χ2v) is 7.95. The molecule has 25 heavy (non-hydrogen) atoms. The second-order valence-electron chi connectivity index (χ2n) is 6.75. The van der Waals surface area contributed by atoms with Crippen LogP contribution < -0.4 is 0 Å². The minimum atomic E-state index is -0.337. The van der Waals surface area contributed by atoms with Crippen molar-refractivity contribution in [3.63, 3.8) is 0 Å². The maximum Gasteiger partial charge on any atom is 0.265 e. The first-order chi connectivity index (χ1) is 12.1. The van der Waals surface area contributed by atoms with Crippen molar-refractivity contribution in [2.45, 2.75) is 45.6 Å². The van der Waals surface area contributed by atoms with Crippen LogP contribution in [-0.2, 0) is 12.8 Å². The molecule has 1 N–H and O–H groups in total. The molecule has 1 aromatic carbocycles. The van der Waals surface area contributed by atoms with E-state index in [-0.39, 0.29) is 17.9 Å². The lowest BCUT2D eigenvalue weighted by Crippen LogP contribution is -2.41. The first kappa shape index (κ1) is 18.1. The number of aryl methyl sites for hydroxylation is 2. The Kier molecular flexibility index (Phi) is 5.86. The number of hydrogen-bond donors (Lipinski definition) is 1. The van der Waals surface area contributed by atoms with Gasteiger partial charge in [0.05, 0.1) is 16.8 Å². The average Bonchev–Trinajstić information content (AvgIpc) is 3.03. The number of thiazole rings is 1. The van der Waals surface area contributed by atoms with Gasteiger partial charge in [-0.05, 0) is 44.1 Å². The lowest BCUT2D eigenvalue weighted by atomic mass is 9.88. The summed E-state index contributed by atoms with van der Waals surface area (Å²) in [6.45, 7) is 5.43. The van der Waals surface area contributed by atoms with Crippen LogP contribution in [0.3, 0.4) is 0 Å². The number of likely N-dealkylation sites (tertiary alicyclic amines) is 1. The van der Waals surface area contributed by atoms with Crippen LogP contribution in [0.4, 0.5) is 0 Å². The predicted molar refractivity (Wildman–Crippen MR) is 101 cm³/mol. The van der Waals surface area contributed by atoms with Crippen molar-refractivity contribution in [1.29, 1.82) is 0 Å². The lowest BCUT2D eigenvalue weighted by molar-refractivity contribution is 0.0469. The Morgan fingerprint density at radius 1 is 1.32 bits per heavy atom. The minimum absolute atomic E-state index is 0.110. The fraction of sp³-hybridized carbons (Fsp3) is 0.500. The summed E-state index contributed by atoms with van der Waals surface area (Å²) in [5.41, 5.74) is 2.08. The third-order valence-electron chi connectivity index (χ3n) is 4.99. The summed E-state index contributed by atoms with van der Waals surface area (Å²) in [6, 6.07) is 10.1. The smallest absolute Gasteiger partial charge is 0.265 e. The highest BCUT2D eigenvalue weighted by Gasteiger charge is 2.29. The molecule has 1 aliphatic rings. The van der Waals surface area contributed by atoms with E-state index in [1.54, 1.807) is 0 Å². The van der Waals surface area contributed by atoms with Gasteiger partial charge in [0.15, 0.2) is 0 Å². The van der Waals surface area contributed by atoms with Crippen LogP contribution in [-0.4, -0.2) is 40.1 Å². The van der Waals surface area contributed by atoms with Crippen molar-refractivity contribution in [2.24, 2.45) is 5.92 Å². The summed E-state index contributed by atoms with van der Waals surface area (Å²) in [5.74, 6) is 0.372. The largest absolute Gasteiger partial charge is 0.392 e. The third kappa shape index (κ3) is 4.28. The van der Waals surface area contributed by atoms with Crippen molar-refractivity contribution in [1.82, 2.24) is 9.88 Å². The number of carbonyl (C=O) groups is 1. The molecule has 0 bridgehead atoms. The fourth-order valence-electron chi connectivity index (χ4n) is 3.53. The number of amides is 1. The zero-order valence-corrected chi connectivity index (χ0v) is 15.8. The zero-order chi connectivity index (χ0) is 17.8. The van der Waals surface area contributed by atoms with Crippen molar-refractivity contribution < 1.29 is 9.90 Å². The first-order valence-electron chi connectivity index (χ1n) is 9.06. The van der Waals surface area contributed by atoms with Gasteiger partial charge in [0, 0.05) is 13.1 Å². The van der Waals surface area contributed by atoms with Gasteiger partial charge in [-0.1, -0.05) is 37.3 Å². The third-order valence-corrected chi connectivity index (χ3v) is 5.99. The molecule has 1 saturated heterocycles. The maximum absolute atomic E-state index is 12.8. The first-order valence-corrected chi connectivity index (χ1v) is 9.87. The van der Waals surface area contributed by atoms with Crippen LogP contribution >= 0.6 is 11.3 Å². The van der Waals surface area contributed by atoms with Crippen LogP contribution in [0.5, 0.6) is 0 Å². The van der Waals surface area contributed by atoms with Crippen LogP contribution in [0.1, 0.15) is 45.7 Å². The molecule has 4 nitrogen and oxygen atoms in total. The zero-order valence-electron chi connectivity index (χ0n) is 14.9. The van der Waals surface area contributed by atoms with E-state index < -0.39 is 0 Å². The van der Waals surface area contributed by atoms with Crippen LogP contribution in [0.2, 0.25) is 0 Å². The van der Waals surface area contributed by atoms with E-state index in [9.17, 15) is 9.90 Å². The van der Waals surface area contributed by atoms with E-state index >= 15 is 0 Å². The maximum atomic E-state index is 12.8. The van der Waals surface area contributed by atoms with Gasteiger partial charge >= 0.3 is 0 Å². The van der Waals surface area contributed by atoms with Gasteiger partial charge in [0.2, 0.25) is 0 Å². The SMILES string of the molecule is CCc1nc(C)sc1C(=O)N1CCC([C@H](O)Cc2ccccc2)CC1. The van der Waals surface area contributed by atoms with Gasteiger partial charge < -0.3 is 10.0 Å². The molecule has 3 rings (SSSR count). The normalized spacial score (nSPS) is 16.8. The molecule has 134 valence electrons. The highest BCUT2D eigenvalue weighted by atomic mass is 32.1. The molecule has 1 aliphatic heterocycles. The Bertz CT molecular complexity index is 706.